The number of rotatable bonds is 6. The Labute approximate surface area is 214 Å². The van der Waals surface area contributed by atoms with E-state index in [1.807, 2.05) is 6.07 Å². The number of thioether (sulfide) groups is 1. The predicted octanol–water partition coefficient (Wildman–Crippen LogP) is 6.24. The summed E-state index contributed by atoms with van der Waals surface area (Å²) in [5.41, 5.74) is 1.57. The minimum absolute atomic E-state index is 0.0109. The fourth-order valence-corrected chi connectivity index (χ4v) is 7.36. The molecule has 0 unspecified atom stereocenters. The quantitative estimate of drug-likeness (QED) is 0.219. The second kappa shape index (κ2) is 9.44. The molecule has 3 aromatic carbocycles. The molecule has 1 aliphatic carbocycles. The van der Waals surface area contributed by atoms with Crippen LogP contribution in [0.25, 0.3) is 0 Å². The topological polar surface area (TPSA) is 136 Å². The minimum Gasteiger partial charge on any atom is -0.478 e. The number of carboxylic acid groups (broad SMARTS) is 1. The summed E-state index contributed by atoms with van der Waals surface area (Å²) in [5.74, 6) is -1.63. The van der Waals surface area contributed by atoms with Crippen LogP contribution in [0.4, 0.5) is 17.1 Å². The van der Waals surface area contributed by atoms with Crippen LogP contribution < -0.4 is 5.32 Å². The Morgan fingerprint density at radius 1 is 0.944 bits per heavy atom. The van der Waals surface area contributed by atoms with E-state index in [0.717, 1.165) is 5.56 Å². The molecule has 3 aromatic rings. The number of nitro groups is 2. The third kappa shape index (κ3) is 4.06. The third-order valence-corrected chi connectivity index (χ3v) is 9.00. The molecule has 11 heteroatoms. The number of anilines is 1. The summed E-state index contributed by atoms with van der Waals surface area (Å²) in [7, 11) is 0. The lowest BCUT2D eigenvalue weighted by atomic mass is 9.76. The number of nitro benzene ring substituents is 2. The lowest BCUT2D eigenvalue weighted by Gasteiger charge is -2.38. The van der Waals surface area contributed by atoms with Crippen LogP contribution in [0.2, 0.25) is 0 Å². The summed E-state index contributed by atoms with van der Waals surface area (Å²) in [5, 5.41) is 35.8. The van der Waals surface area contributed by atoms with Crippen molar-refractivity contribution in [3.8, 4) is 0 Å². The van der Waals surface area contributed by atoms with E-state index in [2.05, 4.69) is 5.32 Å². The number of nitrogens with one attached hydrogen (secondary N) is 1. The number of alkyl halides is 1. The number of para-hydroxylation sites is 3. The Kier molecular flexibility index (Phi) is 6.31. The van der Waals surface area contributed by atoms with E-state index >= 15 is 0 Å². The molecule has 2 aliphatic rings. The summed E-state index contributed by atoms with van der Waals surface area (Å²) >= 11 is 8.37. The van der Waals surface area contributed by atoms with E-state index in [4.69, 9.17) is 11.6 Å². The van der Waals surface area contributed by atoms with Crippen molar-refractivity contribution >= 4 is 46.4 Å². The van der Waals surface area contributed by atoms with Gasteiger partial charge in [-0.15, -0.1) is 23.4 Å². The Bertz CT molecular complexity index is 1390. The molecule has 9 nitrogen and oxygen atoms in total. The van der Waals surface area contributed by atoms with Crippen LogP contribution in [-0.2, 0) is 0 Å². The van der Waals surface area contributed by atoms with Gasteiger partial charge in [0.25, 0.3) is 11.4 Å². The maximum Gasteiger partial charge on any atom is 0.337 e. The fraction of sp³-hybridized carbons (Fsp3) is 0.240. The van der Waals surface area contributed by atoms with E-state index in [9.17, 15) is 30.1 Å². The van der Waals surface area contributed by atoms with Crippen molar-refractivity contribution in [2.24, 2.45) is 5.92 Å². The number of fused-ring (bicyclic) bond motifs is 3. The fourth-order valence-electron chi connectivity index (χ4n) is 5.42. The Morgan fingerprint density at radius 3 is 2.28 bits per heavy atom. The van der Waals surface area contributed by atoms with Crippen molar-refractivity contribution in [3.05, 3.63) is 104 Å². The van der Waals surface area contributed by atoms with Gasteiger partial charge in [0.2, 0.25) is 0 Å². The standard InChI is InChI=1S/C25H20ClN3O6S/c26-22-20(36-19-11-4-3-10-18(19)29(34)35)12-16-21(22)14-7-5-8-15(25(30)31)24(14)27-23(16)13-6-1-2-9-17(13)28(32)33/h1-11,16,20-23,27H,12H2,(H,30,31)/t16-,20+,21-,22+,23-/m1/s1. The normalized spacial score (nSPS) is 24.3. The monoisotopic (exact) mass is 525 g/mol. The molecule has 1 saturated carbocycles. The molecule has 0 amide bonds. The zero-order chi connectivity index (χ0) is 25.6. The zero-order valence-electron chi connectivity index (χ0n) is 18.6. The first-order chi connectivity index (χ1) is 17.3. The highest BCUT2D eigenvalue weighted by Gasteiger charge is 2.52. The predicted molar refractivity (Wildman–Crippen MR) is 136 cm³/mol. The second-order valence-electron chi connectivity index (χ2n) is 8.76. The van der Waals surface area contributed by atoms with E-state index in [0.29, 0.717) is 22.6 Å². The summed E-state index contributed by atoms with van der Waals surface area (Å²) < 4.78 is 0. The maximum absolute atomic E-state index is 12.0. The van der Waals surface area contributed by atoms with Crippen LogP contribution in [-0.4, -0.2) is 31.5 Å². The van der Waals surface area contributed by atoms with Crippen LogP contribution in [0, 0.1) is 26.1 Å². The van der Waals surface area contributed by atoms with Gasteiger partial charge in [-0.05, 0) is 30.0 Å². The summed E-state index contributed by atoms with van der Waals surface area (Å²) in [6.45, 7) is 0. The molecule has 1 aliphatic heterocycles. The minimum atomic E-state index is -1.12. The largest absolute Gasteiger partial charge is 0.478 e. The van der Waals surface area contributed by atoms with E-state index in [1.54, 1.807) is 42.5 Å². The SMILES string of the molecule is O=C(O)c1cccc2c1N[C@H](c1ccccc1[N+](=O)[O-])[C@@H]1C[C@H](Sc3ccccc3[N+](=O)[O-])[C@H](Cl)[C@H]21. The summed E-state index contributed by atoms with van der Waals surface area (Å²) in [4.78, 5) is 35.0. The van der Waals surface area contributed by atoms with Gasteiger partial charge in [-0.25, -0.2) is 4.79 Å². The maximum atomic E-state index is 12.0. The Hall–Kier alpha value is -3.63. The highest BCUT2D eigenvalue weighted by atomic mass is 35.5. The van der Waals surface area contributed by atoms with Gasteiger partial charge < -0.3 is 10.4 Å². The first-order valence-electron chi connectivity index (χ1n) is 11.2. The van der Waals surface area contributed by atoms with Gasteiger partial charge in [0.15, 0.2) is 0 Å². The third-order valence-electron chi connectivity index (χ3n) is 6.89. The molecule has 1 fully saturated rings. The number of carboxylic acids is 1. The van der Waals surface area contributed by atoms with Crippen LogP contribution >= 0.6 is 23.4 Å². The molecule has 184 valence electrons. The number of nitrogens with zero attached hydrogens (tertiary/aromatic N) is 2. The lowest BCUT2D eigenvalue weighted by molar-refractivity contribution is -0.387. The molecule has 0 radical (unpaired) electrons. The number of halogens is 1. The highest BCUT2D eigenvalue weighted by Crippen LogP contribution is 2.59. The first kappa shape index (κ1) is 24.1. The van der Waals surface area contributed by atoms with Crippen molar-refractivity contribution in [3.63, 3.8) is 0 Å². The number of hydrogen-bond donors (Lipinski definition) is 2. The van der Waals surface area contributed by atoms with Gasteiger partial charge in [-0.1, -0.05) is 42.5 Å². The summed E-state index contributed by atoms with van der Waals surface area (Å²) in [6.07, 6.45) is 0.524. The van der Waals surface area contributed by atoms with Crippen molar-refractivity contribution in [2.45, 2.75) is 33.9 Å². The van der Waals surface area contributed by atoms with Gasteiger partial charge in [-0.3, -0.25) is 20.2 Å². The van der Waals surface area contributed by atoms with Crippen molar-refractivity contribution in [1.29, 1.82) is 0 Å². The summed E-state index contributed by atoms with van der Waals surface area (Å²) in [6, 6.07) is 17.3. The van der Waals surface area contributed by atoms with Crippen molar-refractivity contribution in [2.75, 3.05) is 5.32 Å². The van der Waals surface area contributed by atoms with Crippen LogP contribution in [0.5, 0.6) is 0 Å². The molecule has 1 heterocycles. The number of benzene rings is 3. The number of hydrogen-bond acceptors (Lipinski definition) is 7. The van der Waals surface area contributed by atoms with Crippen LogP contribution in [0.3, 0.4) is 0 Å². The van der Waals surface area contributed by atoms with Crippen LogP contribution in [0.1, 0.15) is 39.9 Å². The molecule has 36 heavy (non-hydrogen) atoms. The molecule has 0 spiro atoms. The van der Waals surface area contributed by atoms with Gasteiger partial charge >= 0.3 is 5.97 Å². The molecular weight excluding hydrogens is 506 g/mol. The average Bonchev–Trinajstić information content (AvgIpc) is 3.19. The average molecular weight is 526 g/mol. The molecule has 0 saturated heterocycles. The van der Waals surface area contributed by atoms with E-state index in [1.165, 1.54) is 30.0 Å². The number of aromatic carboxylic acids is 1. The van der Waals surface area contributed by atoms with Gasteiger partial charge in [-0.2, -0.15) is 0 Å². The van der Waals surface area contributed by atoms with Gasteiger partial charge in [0.05, 0.1) is 43.0 Å². The zero-order valence-corrected chi connectivity index (χ0v) is 20.2. The molecule has 2 N–H and O–H groups in total. The lowest BCUT2D eigenvalue weighted by Crippen LogP contribution is -2.32. The molecule has 5 atom stereocenters. The first-order valence-corrected chi connectivity index (χ1v) is 12.5. The van der Waals surface area contributed by atoms with Crippen molar-refractivity contribution < 1.29 is 19.7 Å². The van der Waals surface area contributed by atoms with E-state index < -0.39 is 27.2 Å². The highest BCUT2D eigenvalue weighted by molar-refractivity contribution is 8.00. The molecule has 5 rings (SSSR count). The van der Waals surface area contributed by atoms with Gasteiger partial charge in [0, 0.05) is 23.3 Å². The van der Waals surface area contributed by atoms with E-state index in [-0.39, 0.29) is 34.0 Å². The van der Waals surface area contributed by atoms with Gasteiger partial charge in [0.1, 0.15) is 0 Å². The Morgan fingerprint density at radius 2 is 1.58 bits per heavy atom. The van der Waals surface area contributed by atoms with Crippen molar-refractivity contribution in [1.82, 2.24) is 0 Å². The smallest absolute Gasteiger partial charge is 0.337 e. The molecule has 0 aromatic heterocycles. The Balaban J connectivity index is 1.62. The van der Waals surface area contributed by atoms with Crippen LogP contribution in [0.15, 0.2) is 71.6 Å². The molecule has 0 bridgehead atoms. The molecular formula is C25H20ClN3O6S. The number of carbonyl (C=O) groups is 1. The second-order valence-corrected chi connectivity index (χ2v) is 10.5.